The van der Waals surface area contributed by atoms with Crippen molar-refractivity contribution < 1.29 is 0 Å². The third-order valence-corrected chi connectivity index (χ3v) is 3.05. The zero-order chi connectivity index (χ0) is 11.4. The van der Waals surface area contributed by atoms with E-state index in [1.54, 1.807) is 34.2 Å². The van der Waals surface area contributed by atoms with Gasteiger partial charge in [0, 0.05) is 29.9 Å². The third kappa shape index (κ3) is 2.49. The standard InChI is InChI=1S/C11H13N3OS/c1-2-12-11-13-7-9(16-11)8-14-6-4-3-5-10(14)15/h3-7H,2,8H2,1H3,(H,12,13). The predicted molar refractivity (Wildman–Crippen MR) is 66.1 cm³/mol. The van der Waals surface area contributed by atoms with E-state index >= 15 is 0 Å². The third-order valence-electron chi connectivity index (χ3n) is 2.11. The van der Waals surface area contributed by atoms with Crippen LogP contribution < -0.4 is 10.9 Å². The molecule has 0 fully saturated rings. The van der Waals surface area contributed by atoms with Crippen LogP contribution in [-0.2, 0) is 6.54 Å². The van der Waals surface area contributed by atoms with Gasteiger partial charge in [0.1, 0.15) is 0 Å². The molecule has 0 spiro atoms. The summed E-state index contributed by atoms with van der Waals surface area (Å²) in [6, 6.07) is 5.16. The van der Waals surface area contributed by atoms with Gasteiger partial charge >= 0.3 is 0 Å². The van der Waals surface area contributed by atoms with E-state index in [1.165, 1.54) is 0 Å². The summed E-state index contributed by atoms with van der Waals surface area (Å²) >= 11 is 1.58. The maximum absolute atomic E-state index is 11.5. The molecule has 0 aliphatic rings. The van der Waals surface area contributed by atoms with E-state index in [-0.39, 0.29) is 5.56 Å². The van der Waals surface area contributed by atoms with E-state index < -0.39 is 0 Å². The molecule has 16 heavy (non-hydrogen) atoms. The molecular weight excluding hydrogens is 222 g/mol. The van der Waals surface area contributed by atoms with Crippen molar-refractivity contribution in [1.29, 1.82) is 0 Å². The first-order valence-corrected chi connectivity index (χ1v) is 5.95. The fraction of sp³-hybridized carbons (Fsp3) is 0.273. The van der Waals surface area contributed by atoms with Crippen LogP contribution in [0, 0.1) is 0 Å². The van der Waals surface area contributed by atoms with Crippen LogP contribution in [0.25, 0.3) is 0 Å². The minimum atomic E-state index is 0.0147. The Morgan fingerprint density at radius 2 is 2.38 bits per heavy atom. The molecule has 5 heteroatoms. The zero-order valence-corrected chi connectivity index (χ0v) is 9.83. The Morgan fingerprint density at radius 3 is 3.12 bits per heavy atom. The van der Waals surface area contributed by atoms with Crippen molar-refractivity contribution in [3.8, 4) is 0 Å². The fourth-order valence-corrected chi connectivity index (χ4v) is 2.25. The lowest BCUT2D eigenvalue weighted by molar-refractivity contribution is 0.768. The van der Waals surface area contributed by atoms with Crippen molar-refractivity contribution in [2.75, 3.05) is 11.9 Å². The number of rotatable bonds is 4. The van der Waals surface area contributed by atoms with Gasteiger partial charge in [-0.15, -0.1) is 11.3 Å². The van der Waals surface area contributed by atoms with Crippen LogP contribution in [0.1, 0.15) is 11.8 Å². The van der Waals surface area contributed by atoms with Crippen LogP contribution in [0.5, 0.6) is 0 Å². The Kier molecular flexibility index (Phi) is 3.36. The van der Waals surface area contributed by atoms with Crippen LogP contribution in [0.4, 0.5) is 5.13 Å². The first kappa shape index (κ1) is 10.9. The summed E-state index contributed by atoms with van der Waals surface area (Å²) < 4.78 is 1.67. The molecule has 0 atom stereocenters. The molecule has 2 aromatic heterocycles. The van der Waals surface area contributed by atoms with E-state index in [1.807, 2.05) is 19.2 Å². The minimum absolute atomic E-state index is 0.0147. The van der Waals surface area contributed by atoms with Gasteiger partial charge in [0.2, 0.25) is 0 Å². The maximum atomic E-state index is 11.5. The van der Waals surface area contributed by atoms with Crippen molar-refractivity contribution >= 4 is 16.5 Å². The second-order valence-electron chi connectivity index (χ2n) is 3.33. The number of pyridine rings is 1. The maximum Gasteiger partial charge on any atom is 0.250 e. The predicted octanol–water partition coefficient (Wildman–Crippen LogP) is 1.78. The normalized spacial score (nSPS) is 10.3. The van der Waals surface area contributed by atoms with Gasteiger partial charge in [-0.1, -0.05) is 6.07 Å². The van der Waals surface area contributed by atoms with E-state index in [0.717, 1.165) is 16.6 Å². The van der Waals surface area contributed by atoms with E-state index in [2.05, 4.69) is 10.3 Å². The van der Waals surface area contributed by atoms with Gasteiger partial charge in [0.15, 0.2) is 5.13 Å². The molecule has 4 nitrogen and oxygen atoms in total. The molecule has 2 heterocycles. The van der Waals surface area contributed by atoms with E-state index in [0.29, 0.717) is 6.54 Å². The van der Waals surface area contributed by atoms with Crippen LogP contribution in [0.2, 0.25) is 0 Å². The first-order chi connectivity index (χ1) is 7.79. The number of hydrogen-bond donors (Lipinski definition) is 1. The zero-order valence-electron chi connectivity index (χ0n) is 9.01. The van der Waals surface area contributed by atoms with Crippen molar-refractivity contribution in [1.82, 2.24) is 9.55 Å². The van der Waals surface area contributed by atoms with Crippen molar-refractivity contribution in [2.24, 2.45) is 0 Å². The summed E-state index contributed by atoms with van der Waals surface area (Å²) in [5.74, 6) is 0. The lowest BCUT2D eigenvalue weighted by Crippen LogP contribution is -2.17. The van der Waals surface area contributed by atoms with Crippen molar-refractivity contribution in [2.45, 2.75) is 13.5 Å². The average Bonchev–Trinajstić information content (AvgIpc) is 2.70. The molecule has 0 saturated heterocycles. The van der Waals surface area contributed by atoms with Gasteiger partial charge in [-0.3, -0.25) is 4.79 Å². The molecule has 0 aliphatic heterocycles. The number of nitrogens with one attached hydrogen (secondary N) is 1. The fourth-order valence-electron chi connectivity index (χ4n) is 1.37. The summed E-state index contributed by atoms with van der Waals surface area (Å²) in [4.78, 5) is 16.8. The summed E-state index contributed by atoms with van der Waals surface area (Å²) in [6.45, 7) is 3.48. The molecule has 2 rings (SSSR count). The molecule has 0 unspecified atom stereocenters. The first-order valence-electron chi connectivity index (χ1n) is 5.13. The summed E-state index contributed by atoms with van der Waals surface area (Å²) in [5, 5.41) is 4.05. The Bertz CT molecular complexity index is 518. The molecule has 84 valence electrons. The lowest BCUT2D eigenvalue weighted by Gasteiger charge is -2.01. The molecule has 0 aromatic carbocycles. The van der Waals surface area contributed by atoms with E-state index in [9.17, 15) is 4.79 Å². The highest BCUT2D eigenvalue weighted by atomic mass is 32.1. The summed E-state index contributed by atoms with van der Waals surface area (Å²) in [6.07, 6.45) is 3.59. The molecule has 0 saturated carbocycles. The molecule has 0 aliphatic carbocycles. The largest absolute Gasteiger partial charge is 0.362 e. The monoisotopic (exact) mass is 235 g/mol. The highest BCUT2D eigenvalue weighted by molar-refractivity contribution is 7.15. The van der Waals surface area contributed by atoms with Crippen LogP contribution in [0.15, 0.2) is 35.4 Å². The summed E-state index contributed by atoms with van der Waals surface area (Å²) in [5.41, 5.74) is 0.0147. The Labute approximate surface area is 97.6 Å². The summed E-state index contributed by atoms with van der Waals surface area (Å²) in [7, 11) is 0. The SMILES string of the molecule is CCNc1ncc(Cn2ccccc2=O)s1. The van der Waals surface area contributed by atoms with Gasteiger partial charge in [0.25, 0.3) is 5.56 Å². The molecule has 2 aromatic rings. The second kappa shape index (κ2) is 4.94. The number of thiazole rings is 1. The second-order valence-corrected chi connectivity index (χ2v) is 4.44. The Morgan fingerprint density at radius 1 is 1.50 bits per heavy atom. The van der Waals surface area contributed by atoms with Gasteiger partial charge in [-0.2, -0.15) is 0 Å². The van der Waals surface area contributed by atoms with Crippen LogP contribution >= 0.6 is 11.3 Å². The van der Waals surface area contributed by atoms with Gasteiger partial charge in [0.05, 0.1) is 6.54 Å². The quantitative estimate of drug-likeness (QED) is 0.878. The number of aromatic nitrogens is 2. The highest BCUT2D eigenvalue weighted by Crippen LogP contribution is 2.18. The van der Waals surface area contributed by atoms with E-state index in [4.69, 9.17) is 0 Å². The minimum Gasteiger partial charge on any atom is -0.362 e. The lowest BCUT2D eigenvalue weighted by atomic mass is 10.4. The molecule has 0 bridgehead atoms. The molecule has 0 radical (unpaired) electrons. The van der Waals surface area contributed by atoms with Gasteiger partial charge < -0.3 is 9.88 Å². The van der Waals surface area contributed by atoms with Crippen molar-refractivity contribution in [3.05, 3.63) is 45.8 Å². The average molecular weight is 235 g/mol. The highest BCUT2D eigenvalue weighted by Gasteiger charge is 2.02. The molecule has 1 N–H and O–H groups in total. The molecule has 0 amide bonds. The topological polar surface area (TPSA) is 46.9 Å². The molecular formula is C11H13N3OS. The van der Waals surface area contributed by atoms with Gasteiger partial charge in [-0.25, -0.2) is 4.98 Å². The van der Waals surface area contributed by atoms with Crippen LogP contribution in [0.3, 0.4) is 0 Å². The van der Waals surface area contributed by atoms with Gasteiger partial charge in [-0.05, 0) is 13.0 Å². The van der Waals surface area contributed by atoms with Crippen LogP contribution in [-0.4, -0.2) is 16.1 Å². The number of hydrogen-bond acceptors (Lipinski definition) is 4. The smallest absolute Gasteiger partial charge is 0.250 e. The number of anilines is 1. The number of nitrogens with zero attached hydrogens (tertiary/aromatic N) is 2. The Balaban J connectivity index is 2.15. The Hall–Kier alpha value is -1.62. The van der Waals surface area contributed by atoms with Crippen molar-refractivity contribution in [3.63, 3.8) is 0 Å².